The fourth-order valence-corrected chi connectivity index (χ4v) is 2.31. The number of hydrogen-bond acceptors (Lipinski definition) is 2. The van der Waals surface area contributed by atoms with Crippen LogP contribution in [0.4, 0.5) is 0 Å². The predicted octanol–water partition coefficient (Wildman–Crippen LogP) is 2.46. The second-order valence-electron chi connectivity index (χ2n) is 5.72. The van der Waals surface area contributed by atoms with E-state index in [0.29, 0.717) is 6.04 Å². The lowest BCUT2D eigenvalue weighted by Gasteiger charge is -2.18. The lowest BCUT2D eigenvalue weighted by atomic mass is 9.91. The Bertz CT molecular complexity index is 377. The van der Waals surface area contributed by atoms with Gasteiger partial charge in [-0.1, -0.05) is 33.8 Å². The molecule has 0 amide bonds. The zero-order chi connectivity index (χ0) is 11.8. The van der Waals surface area contributed by atoms with Crippen molar-refractivity contribution in [2.45, 2.75) is 52.0 Å². The Morgan fingerprint density at radius 1 is 1.31 bits per heavy atom. The molecule has 1 aromatic heterocycles. The average Bonchev–Trinajstić information content (AvgIpc) is 2.57. The van der Waals surface area contributed by atoms with Gasteiger partial charge in [0.15, 0.2) is 0 Å². The largest absolute Gasteiger partial charge is 0.314 e. The van der Waals surface area contributed by atoms with Crippen molar-refractivity contribution in [1.82, 2.24) is 10.3 Å². The van der Waals surface area contributed by atoms with Crippen LogP contribution in [-0.2, 0) is 18.3 Å². The maximum atomic E-state index is 4.82. The summed E-state index contributed by atoms with van der Waals surface area (Å²) < 4.78 is 0. The van der Waals surface area contributed by atoms with Crippen LogP contribution in [0.3, 0.4) is 0 Å². The molecule has 1 aliphatic carbocycles. The minimum absolute atomic E-state index is 0.158. The van der Waals surface area contributed by atoms with Gasteiger partial charge < -0.3 is 5.32 Å². The molecule has 0 bridgehead atoms. The highest BCUT2D eigenvalue weighted by Crippen LogP contribution is 2.26. The van der Waals surface area contributed by atoms with Gasteiger partial charge in [-0.15, -0.1) is 0 Å². The number of aromatic nitrogens is 1. The van der Waals surface area contributed by atoms with Gasteiger partial charge in [-0.2, -0.15) is 0 Å². The van der Waals surface area contributed by atoms with Crippen molar-refractivity contribution >= 4 is 0 Å². The molecule has 1 heterocycles. The van der Waals surface area contributed by atoms with Crippen LogP contribution in [0.5, 0.6) is 0 Å². The van der Waals surface area contributed by atoms with Crippen LogP contribution >= 0.6 is 0 Å². The summed E-state index contributed by atoms with van der Waals surface area (Å²) in [6.07, 6.45) is 2.23. The summed E-state index contributed by atoms with van der Waals surface area (Å²) in [7, 11) is 0. The standard InChI is InChI=1S/C14H22N2/c1-5-15-11-8-10-6-7-13(14(2,3)4)16-12(10)9-11/h6-7,11,15H,5,8-9H2,1-4H3. The molecule has 0 fully saturated rings. The van der Waals surface area contributed by atoms with Crippen molar-refractivity contribution in [1.29, 1.82) is 0 Å². The molecular weight excluding hydrogens is 196 g/mol. The Kier molecular flexibility index (Phi) is 3.02. The van der Waals surface area contributed by atoms with Gasteiger partial charge >= 0.3 is 0 Å². The zero-order valence-electron chi connectivity index (χ0n) is 10.8. The van der Waals surface area contributed by atoms with Gasteiger partial charge in [0.1, 0.15) is 0 Å². The normalized spacial score (nSPS) is 19.9. The fourth-order valence-electron chi connectivity index (χ4n) is 2.31. The molecule has 88 valence electrons. The van der Waals surface area contributed by atoms with Gasteiger partial charge in [0.05, 0.1) is 0 Å². The quantitative estimate of drug-likeness (QED) is 0.825. The van der Waals surface area contributed by atoms with E-state index in [1.807, 2.05) is 0 Å². The fraction of sp³-hybridized carbons (Fsp3) is 0.643. The smallest absolute Gasteiger partial charge is 0.0460 e. The summed E-state index contributed by atoms with van der Waals surface area (Å²) in [4.78, 5) is 4.82. The third-order valence-electron chi connectivity index (χ3n) is 3.24. The molecule has 0 saturated carbocycles. The Labute approximate surface area is 98.5 Å². The second-order valence-corrected chi connectivity index (χ2v) is 5.72. The molecule has 1 N–H and O–H groups in total. The van der Waals surface area contributed by atoms with E-state index >= 15 is 0 Å². The number of nitrogens with zero attached hydrogens (tertiary/aromatic N) is 1. The lowest BCUT2D eigenvalue weighted by molar-refractivity contribution is 0.544. The van der Waals surface area contributed by atoms with Gasteiger partial charge in [-0.3, -0.25) is 4.98 Å². The van der Waals surface area contributed by atoms with E-state index in [1.165, 1.54) is 17.0 Å². The van der Waals surface area contributed by atoms with E-state index in [4.69, 9.17) is 4.98 Å². The monoisotopic (exact) mass is 218 g/mol. The Balaban J connectivity index is 2.21. The van der Waals surface area contributed by atoms with E-state index in [1.54, 1.807) is 0 Å². The molecule has 0 saturated heterocycles. The molecule has 2 rings (SSSR count). The predicted molar refractivity (Wildman–Crippen MR) is 67.8 cm³/mol. The molecule has 2 nitrogen and oxygen atoms in total. The Morgan fingerprint density at radius 3 is 2.69 bits per heavy atom. The minimum atomic E-state index is 0.158. The summed E-state index contributed by atoms with van der Waals surface area (Å²) in [6, 6.07) is 5.05. The maximum Gasteiger partial charge on any atom is 0.0460 e. The first-order chi connectivity index (χ1) is 7.50. The van der Waals surface area contributed by atoms with Crippen LogP contribution in [-0.4, -0.2) is 17.6 Å². The number of nitrogens with one attached hydrogen (secondary N) is 1. The molecule has 1 atom stereocenters. The number of rotatable bonds is 2. The molecule has 1 aromatic rings. The first kappa shape index (κ1) is 11.6. The number of likely N-dealkylation sites (N-methyl/N-ethyl adjacent to an activating group) is 1. The van der Waals surface area contributed by atoms with Crippen LogP contribution in [0.2, 0.25) is 0 Å². The van der Waals surface area contributed by atoms with E-state index < -0.39 is 0 Å². The highest BCUT2D eigenvalue weighted by atomic mass is 14.9. The van der Waals surface area contributed by atoms with Gasteiger partial charge in [0.25, 0.3) is 0 Å². The van der Waals surface area contributed by atoms with E-state index in [2.05, 4.69) is 45.1 Å². The van der Waals surface area contributed by atoms with Crippen LogP contribution in [0.15, 0.2) is 12.1 Å². The first-order valence-corrected chi connectivity index (χ1v) is 6.23. The van der Waals surface area contributed by atoms with Crippen LogP contribution in [0, 0.1) is 0 Å². The molecule has 0 aliphatic heterocycles. The van der Waals surface area contributed by atoms with E-state index in [0.717, 1.165) is 19.4 Å². The molecule has 0 spiro atoms. The summed E-state index contributed by atoms with van der Waals surface area (Å²) in [5.74, 6) is 0. The third-order valence-corrected chi connectivity index (χ3v) is 3.24. The van der Waals surface area contributed by atoms with E-state index in [-0.39, 0.29) is 5.41 Å². The van der Waals surface area contributed by atoms with Crippen molar-refractivity contribution in [3.05, 3.63) is 29.1 Å². The molecule has 1 unspecified atom stereocenters. The molecule has 0 aromatic carbocycles. The summed E-state index contributed by atoms with van der Waals surface area (Å²) in [6.45, 7) is 9.87. The molecular formula is C14H22N2. The van der Waals surface area contributed by atoms with Crippen molar-refractivity contribution in [3.8, 4) is 0 Å². The second kappa shape index (κ2) is 4.17. The highest BCUT2D eigenvalue weighted by molar-refractivity contribution is 5.31. The van der Waals surface area contributed by atoms with Gasteiger partial charge in [-0.05, 0) is 24.6 Å². The number of fused-ring (bicyclic) bond motifs is 1. The van der Waals surface area contributed by atoms with Crippen molar-refractivity contribution in [3.63, 3.8) is 0 Å². The topological polar surface area (TPSA) is 24.9 Å². The molecule has 0 radical (unpaired) electrons. The van der Waals surface area contributed by atoms with Crippen molar-refractivity contribution < 1.29 is 0 Å². The van der Waals surface area contributed by atoms with Crippen molar-refractivity contribution in [2.75, 3.05) is 6.54 Å². The molecule has 2 heteroatoms. The SMILES string of the molecule is CCNC1Cc2ccc(C(C)(C)C)nc2C1. The summed E-state index contributed by atoms with van der Waals surface area (Å²) >= 11 is 0. The average molecular weight is 218 g/mol. The molecule has 16 heavy (non-hydrogen) atoms. The van der Waals surface area contributed by atoms with Crippen LogP contribution in [0.1, 0.15) is 44.6 Å². The minimum Gasteiger partial charge on any atom is -0.314 e. The first-order valence-electron chi connectivity index (χ1n) is 6.23. The van der Waals surface area contributed by atoms with E-state index in [9.17, 15) is 0 Å². The number of pyridine rings is 1. The molecule has 1 aliphatic rings. The maximum absolute atomic E-state index is 4.82. The Hall–Kier alpha value is -0.890. The third kappa shape index (κ3) is 2.27. The van der Waals surface area contributed by atoms with Crippen LogP contribution in [0.25, 0.3) is 0 Å². The van der Waals surface area contributed by atoms with Gasteiger partial charge in [-0.25, -0.2) is 0 Å². The van der Waals surface area contributed by atoms with Gasteiger partial charge in [0.2, 0.25) is 0 Å². The van der Waals surface area contributed by atoms with Crippen LogP contribution < -0.4 is 5.32 Å². The van der Waals surface area contributed by atoms with Gasteiger partial charge in [0, 0.05) is 29.3 Å². The Morgan fingerprint density at radius 2 is 2.06 bits per heavy atom. The lowest BCUT2D eigenvalue weighted by Crippen LogP contribution is -2.29. The summed E-state index contributed by atoms with van der Waals surface area (Å²) in [5.41, 5.74) is 4.10. The van der Waals surface area contributed by atoms with Crippen molar-refractivity contribution in [2.24, 2.45) is 0 Å². The number of hydrogen-bond donors (Lipinski definition) is 1. The zero-order valence-corrected chi connectivity index (χ0v) is 10.8. The highest BCUT2D eigenvalue weighted by Gasteiger charge is 2.24. The summed E-state index contributed by atoms with van der Waals surface area (Å²) in [5, 5.41) is 3.51.